The number of nitrogens with zero attached hydrogens (tertiary/aromatic N) is 2. The molecule has 0 saturated carbocycles. The van der Waals surface area contributed by atoms with Gasteiger partial charge in [0.25, 0.3) is 5.91 Å². The second kappa shape index (κ2) is 7.45. The summed E-state index contributed by atoms with van der Waals surface area (Å²) in [5, 5.41) is 12.2. The van der Waals surface area contributed by atoms with Crippen molar-refractivity contribution in [1.82, 2.24) is 5.32 Å². The number of carbonyl (C=O) groups excluding carboxylic acids is 2. The van der Waals surface area contributed by atoms with Crippen LogP contribution >= 0.6 is 0 Å². The zero-order valence-corrected chi connectivity index (χ0v) is 19.1. The minimum atomic E-state index is -3.04. The number of benzene rings is 2. The lowest BCUT2D eigenvalue weighted by molar-refractivity contribution is -0.121. The van der Waals surface area contributed by atoms with Crippen LogP contribution in [0.3, 0.4) is 0 Å². The van der Waals surface area contributed by atoms with E-state index in [-0.39, 0.29) is 23.3 Å². The zero-order chi connectivity index (χ0) is 23.3. The van der Waals surface area contributed by atoms with Crippen LogP contribution in [-0.4, -0.2) is 37.3 Å². The predicted octanol–water partition coefficient (Wildman–Crippen LogP) is 3.21. The maximum Gasteiger partial charge on any atom is 0.251 e. The quantitative estimate of drug-likeness (QED) is 0.771. The number of carbonyl (C=O) groups is 2. The van der Waals surface area contributed by atoms with Crippen LogP contribution in [0.1, 0.15) is 55.1 Å². The Morgan fingerprint density at radius 1 is 1.09 bits per heavy atom. The lowest BCUT2D eigenvalue weighted by atomic mass is 9.85. The van der Waals surface area contributed by atoms with Crippen LogP contribution in [0.15, 0.2) is 42.5 Å². The standard InChI is InChI=1S/C24H25N3O4S/c1-23(2)19-14-17(21(28)26-24(3)9-11-32(30,31)12-10-24)7-8-20(19)27(22(23)29)18-6-4-5-16(13-18)15-25/h4-8,13-14H,9-12H2,1-3H3,(H,26,28). The third-order valence-corrected chi connectivity index (χ3v) is 8.14. The molecule has 2 amide bonds. The van der Waals surface area contributed by atoms with Gasteiger partial charge in [-0.15, -0.1) is 0 Å². The van der Waals surface area contributed by atoms with Crippen molar-refractivity contribution in [2.45, 2.75) is 44.6 Å². The van der Waals surface area contributed by atoms with Crippen LogP contribution in [0.2, 0.25) is 0 Å². The van der Waals surface area contributed by atoms with Gasteiger partial charge < -0.3 is 5.32 Å². The fourth-order valence-electron chi connectivity index (χ4n) is 4.31. The summed E-state index contributed by atoms with van der Waals surface area (Å²) < 4.78 is 23.5. The maximum absolute atomic E-state index is 13.3. The minimum Gasteiger partial charge on any atom is -0.347 e. The summed E-state index contributed by atoms with van der Waals surface area (Å²) in [7, 11) is -3.04. The molecule has 1 N–H and O–H groups in total. The van der Waals surface area contributed by atoms with Crippen LogP contribution in [0, 0.1) is 11.3 Å². The molecule has 0 unspecified atom stereocenters. The fourth-order valence-corrected chi connectivity index (χ4v) is 6.03. The van der Waals surface area contributed by atoms with Gasteiger partial charge >= 0.3 is 0 Å². The molecule has 0 aliphatic carbocycles. The Bertz CT molecular complexity index is 1260. The first-order chi connectivity index (χ1) is 15.0. The van der Waals surface area contributed by atoms with Gasteiger partial charge in [-0.3, -0.25) is 14.5 Å². The molecule has 4 rings (SSSR count). The molecule has 1 fully saturated rings. The molecule has 7 nitrogen and oxygen atoms in total. The highest BCUT2D eigenvalue weighted by molar-refractivity contribution is 7.91. The highest BCUT2D eigenvalue weighted by Crippen LogP contribution is 2.45. The summed E-state index contributed by atoms with van der Waals surface area (Å²) in [6, 6.07) is 14.1. The number of sulfone groups is 1. The van der Waals surface area contributed by atoms with E-state index >= 15 is 0 Å². The lowest BCUT2D eigenvalue weighted by Crippen LogP contribution is -2.50. The number of hydrogen-bond acceptors (Lipinski definition) is 5. The van der Waals surface area contributed by atoms with Crippen molar-refractivity contribution < 1.29 is 18.0 Å². The Morgan fingerprint density at radius 2 is 1.78 bits per heavy atom. The van der Waals surface area contributed by atoms with Crippen molar-refractivity contribution in [3.63, 3.8) is 0 Å². The van der Waals surface area contributed by atoms with E-state index in [1.165, 1.54) is 0 Å². The summed E-state index contributed by atoms with van der Waals surface area (Å²) in [4.78, 5) is 27.9. The average molecular weight is 452 g/mol. The van der Waals surface area contributed by atoms with Gasteiger partial charge in [-0.1, -0.05) is 6.07 Å². The number of hydrogen-bond donors (Lipinski definition) is 1. The van der Waals surface area contributed by atoms with Crippen molar-refractivity contribution in [1.29, 1.82) is 5.26 Å². The molecule has 32 heavy (non-hydrogen) atoms. The first-order valence-electron chi connectivity index (χ1n) is 10.5. The molecule has 1 saturated heterocycles. The van der Waals surface area contributed by atoms with E-state index in [4.69, 9.17) is 0 Å². The van der Waals surface area contributed by atoms with Crippen molar-refractivity contribution >= 4 is 33.0 Å². The van der Waals surface area contributed by atoms with Gasteiger partial charge in [-0.05, 0) is 75.6 Å². The van der Waals surface area contributed by atoms with Gasteiger partial charge in [0.05, 0.1) is 39.9 Å². The van der Waals surface area contributed by atoms with E-state index < -0.39 is 20.8 Å². The van der Waals surface area contributed by atoms with E-state index in [9.17, 15) is 23.3 Å². The summed E-state index contributed by atoms with van der Waals surface area (Å²) in [6.07, 6.45) is 0.748. The van der Waals surface area contributed by atoms with Crippen molar-refractivity contribution in [2.75, 3.05) is 16.4 Å². The van der Waals surface area contributed by atoms with Gasteiger partial charge in [0, 0.05) is 11.1 Å². The molecule has 2 aliphatic heterocycles. The Morgan fingerprint density at radius 3 is 2.44 bits per heavy atom. The first-order valence-corrected chi connectivity index (χ1v) is 12.3. The van der Waals surface area contributed by atoms with E-state index in [1.54, 1.807) is 47.4 Å². The molecule has 2 aromatic carbocycles. The third-order valence-electron chi connectivity index (χ3n) is 6.49. The number of anilines is 2. The van der Waals surface area contributed by atoms with Gasteiger partial charge in [0.2, 0.25) is 5.91 Å². The lowest BCUT2D eigenvalue weighted by Gasteiger charge is -2.34. The van der Waals surface area contributed by atoms with E-state index in [0.717, 1.165) is 5.56 Å². The van der Waals surface area contributed by atoms with Crippen LogP contribution in [0.25, 0.3) is 0 Å². The third kappa shape index (κ3) is 3.78. The summed E-state index contributed by atoms with van der Waals surface area (Å²) in [5.41, 5.74) is 1.46. The molecule has 8 heteroatoms. The number of amides is 2. The minimum absolute atomic E-state index is 0.0617. The largest absolute Gasteiger partial charge is 0.347 e. The molecule has 2 aliphatic rings. The topological polar surface area (TPSA) is 107 Å². The molecular formula is C24H25N3O4S. The van der Waals surface area contributed by atoms with Crippen molar-refractivity contribution in [3.8, 4) is 6.07 Å². The monoisotopic (exact) mass is 451 g/mol. The van der Waals surface area contributed by atoms with Gasteiger partial charge in [-0.2, -0.15) is 5.26 Å². The SMILES string of the molecule is CC1(NC(=O)c2ccc3c(c2)C(C)(C)C(=O)N3c2cccc(C#N)c2)CCS(=O)(=O)CC1. The number of fused-ring (bicyclic) bond motifs is 1. The Labute approximate surface area is 188 Å². The summed E-state index contributed by atoms with van der Waals surface area (Å²) >= 11 is 0. The second-order valence-electron chi connectivity index (χ2n) is 9.33. The Hall–Kier alpha value is -3.18. The van der Waals surface area contributed by atoms with E-state index in [1.807, 2.05) is 20.8 Å². The zero-order valence-electron chi connectivity index (χ0n) is 18.3. The van der Waals surface area contributed by atoms with E-state index in [2.05, 4.69) is 11.4 Å². The van der Waals surface area contributed by atoms with Crippen LogP contribution in [0.4, 0.5) is 11.4 Å². The average Bonchev–Trinajstić information content (AvgIpc) is 2.96. The summed E-state index contributed by atoms with van der Waals surface area (Å²) in [5.74, 6) is -0.300. The normalized spacial score (nSPS) is 20.3. The molecule has 0 aromatic heterocycles. The summed E-state index contributed by atoms with van der Waals surface area (Å²) in [6.45, 7) is 5.50. The van der Waals surface area contributed by atoms with Crippen molar-refractivity contribution in [2.24, 2.45) is 0 Å². The Kier molecular flexibility index (Phi) is 5.13. The fraction of sp³-hybridized carbons (Fsp3) is 0.375. The van der Waals surface area contributed by atoms with Crippen LogP contribution in [0.5, 0.6) is 0 Å². The molecule has 2 aromatic rings. The molecule has 166 valence electrons. The molecular weight excluding hydrogens is 426 g/mol. The second-order valence-corrected chi connectivity index (χ2v) is 11.6. The van der Waals surface area contributed by atoms with Gasteiger partial charge in [0.15, 0.2) is 0 Å². The van der Waals surface area contributed by atoms with Crippen LogP contribution in [-0.2, 0) is 20.0 Å². The number of rotatable bonds is 3. The van der Waals surface area contributed by atoms with Gasteiger partial charge in [0.1, 0.15) is 9.84 Å². The molecule has 0 radical (unpaired) electrons. The highest BCUT2D eigenvalue weighted by atomic mass is 32.2. The maximum atomic E-state index is 13.3. The number of nitriles is 1. The van der Waals surface area contributed by atoms with Crippen LogP contribution < -0.4 is 10.2 Å². The molecule has 2 heterocycles. The predicted molar refractivity (Wildman–Crippen MR) is 122 cm³/mol. The number of nitrogens with one attached hydrogen (secondary N) is 1. The smallest absolute Gasteiger partial charge is 0.251 e. The first kappa shape index (κ1) is 22.0. The molecule has 0 atom stereocenters. The highest BCUT2D eigenvalue weighted by Gasteiger charge is 2.45. The van der Waals surface area contributed by atoms with Crippen molar-refractivity contribution in [3.05, 3.63) is 59.2 Å². The Balaban J connectivity index is 1.65. The van der Waals surface area contributed by atoms with Gasteiger partial charge in [-0.25, -0.2) is 8.42 Å². The molecule has 0 spiro atoms. The van der Waals surface area contributed by atoms with E-state index in [0.29, 0.717) is 35.3 Å². The molecule has 0 bridgehead atoms.